The molecule has 0 radical (unpaired) electrons. The smallest absolute Gasteiger partial charge is 0.304 e. The van der Waals surface area contributed by atoms with Gasteiger partial charge in [0.15, 0.2) is 0 Å². The molecule has 1 aliphatic heterocycles. The summed E-state index contributed by atoms with van der Waals surface area (Å²) in [6, 6.07) is 0.0106. The predicted molar refractivity (Wildman–Crippen MR) is 64.1 cm³/mol. The minimum Gasteiger partial charge on any atom is -0.481 e. The fourth-order valence-corrected chi connectivity index (χ4v) is 3.94. The van der Waals surface area contributed by atoms with Gasteiger partial charge < -0.3 is 10.8 Å². The highest BCUT2D eigenvalue weighted by atomic mass is 32.2. The van der Waals surface area contributed by atoms with Crippen LogP contribution >= 0.6 is 11.8 Å². The third-order valence-corrected chi connectivity index (χ3v) is 5.12. The van der Waals surface area contributed by atoms with Crippen molar-refractivity contribution in [1.82, 2.24) is 0 Å². The number of rotatable bonds is 4. The van der Waals surface area contributed by atoms with Gasteiger partial charge in [0, 0.05) is 16.7 Å². The van der Waals surface area contributed by atoms with Crippen molar-refractivity contribution in [3.05, 3.63) is 0 Å². The minimum atomic E-state index is -0.715. The Bertz CT molecular complexity index is 229. The lowest BCUT2D eigenvalue weighted by Gasteiger charge is -2.45. The summed E-state index contributed by atoms with van der Waals surface area (Å²) in [6.45, 7) is 4.17. The Labute approximate surface area is 95.8 Å². The van der Waals surface area contributed by atoms with E-state index in [1.54, 1.807) is 0 Å². The summed E-state index contributed by atoms with van der Waals surface area (Å²) < 4.78 is 0. The lowest BCUT2D eigenvalue weighted by Crippen LogP contribution is -2.50. The van der Waals surface area contributed by atoms with Gasteiger partial charge in [0.2, 0.25) is 0 Å². The SMILES string of the molecule is CCC(N)C1(CC(=O)O)CCCSC1C. The van der Waals surface area contributed by atoms with E-state index in [-0.39, 0.29) is 17.9 Å². The number of aliphatic carboxylic acids is 1. The van der Waals surface area contributed by atoms with Crippen LogP contribution in [0.2, 0.25) is 0 Å². The van der Waals surface area contributed by atoms with Crippen LogP contribution in [-0.4, -0.2) is 28.1 Å². The van der Waals surface area contributed by atoms with Crippen molar-refractivity contribution >= 4 is 17.7 Å². The molecule has 1 fully saturated rings. The average molecular weight is 231 g/mol. The largest absolute Gasteiger partial charge is 0.481 e. The van der Waals surface area contributed by atoms with Crippen LogP contribution in [0.5, 0.6) is 0 Å². The van der Waals surface area contributed by atoms with E-state index in [1.807, 2.05) is 18.7 Å². The Morgan fingerprint density at radius 2 is 2.40 bits per heavy atom. The first kappa shape index (κ1) is 12.8. The fourth-order valence-electron chi connectivity index (χ4n) is 2.57. The van der Waals surface area contributed by atoms with E-state index in [1.165, 1.54) is 0 Å². The standard InChI is InChI=1S/C11H21NO2S/c1-3-9(12)11(7-10(13)14)5-4-6-15-8(11)2/h8-9H,3-7,12H2,1-2H3,(H,13,14). The number of carboxylic acid groups (broad SMARTS) is 1. The van der Waals surface area contributed by atoms with Crippen LogP contribution in [0.1, 0.15) is 39.5 Å². The Hall–Kier alpha value is -0.220. The molecule has 0 saturated carbocycles. The third kappa shape index (κ3) is 2.67. The molecule has 4 heteroatoms. The predicted octanol–water partition coefficient (Wildman–Crippen LogP) is 2.10. The van der Waals surface area contributed by atoms with Crippen LogP contribution < -0.4 is 5.73 Å². The number of hydrogen-bond acceptors (Lipinski definition) is 3. The van der Waals surface area contributed by atoms with E-state index >= 15 is 0 Å². The molecule has 3 nitrogen and oxygen atoms in total. The van der Waals surface area contributed by atoms with Crippen LogP contribution in [-0.2, 0) is 4.79 Å². The second kappa shape index (κ2) is 5.21. The lowest BCUT2D eigenvalue weighted by molar-refractivity contribution is -0.140. The van der Waals surface area contributed by atoms with E-state index in [0.29, 0.717) is 5.25 Å². The van der Waals surface area contributed by atoms with Gasteiger partial charge in [-0.25, -0.2) is 0 Å². The van der Waals surface area contributed by atoms with Gasteiger partial charge in [0.25, 0.3) is 0 Å². The first-order chi connectivity index (χ1) is 7.03. The molecule has 0 bridgehead atoms. The van der Waals surface area contributed by atoms with E-state index < -0.39 is 5.97 Å². The summed E-state index contributed by atoms with van der Waals surface area (Å²) in [6.07, 6.45) is 3.13. The monoisotopic (exact) mass is 231 g/mol. The van der Waals surface area contributed by atoms with Gasteiger partial charge in [-0.2, -0.15) is 11.8 Å². The summed E-state index contributed by atoms with van der Waals surface area (Å²) >= 11 is 1.87. The van der Waals surface area contributed by atoms with Crippen molar-refractivity contribution in [2.45, 2.75) is 50.8 Å². The maximum atomic E-state index is 11.0. The molecular formula is C11H21NO2S. The highest BCUT2D eigenvalue weighted by molar-refractivity contribution is 7.99. The Morgan fingerprint density at radius 1 is 1.73 bits per heavy atom. The zero-order valence-electron chi connectivity index (χ0n) is 9.53. The minimum absolute atomic E-state index is 0.0106. The molecule has 0 aromatic heterocycles. The third-order valence-electron chi connectivity index (χ3n) is 3.62. The second-order valence-electron chi connectivity index (χ2n) is 4.43. The van der Waals surface area contributed by atoms with Crippen molar-refractivity contribution in [1.29, 1.82) is 0 Å². The summed E-state index contributed by atoms with van der Waals surface area (Å²) in [5.41, 5.74) is 5.95. The van der Waals surface area contributed by atoms with Crippen LogP contribution in [0.15, 0.2) is 0 Å². The summed E-state index contributed by atoms with van der Waals surface area (Å²) in [5.74, 6) is 0.423. The summed E-state index contributed by atoms with van der Waals surface area (Å²) in [7, 11) is 0. The molecule has 0 aromatic rings. The summed E-state index contributed by atoms with van der Waals surface area (Å²) in [5, 5.41) is 9.39. The van der Waals surface area contributed by atoms with Gasteiger partial charge in [-0.05, 0) is 25.0 Å². The van der Waals surface area contributed by atoms with Crippen LogP contribution in [0.25, 0.3) is 0 Å². The molecule has 3 atom stereocenters. The van der Waals surface area contributed by atoms with E-state index in [2.05, 4.69) is 6.92 Å². The Morgan fingerprint density at radius 3 is 2.87 bits per heavy atom. The van der Waals surface area contributed by atoms with Gasteiger partial charge >= 0.3 is 5.97 Å². The number of carbonyl (C=O) groups is 1. The van der Waals surface area contributed by atoms with Crippen LogP contribution in [0.4, 0.5) is 0 Å². The fraction of sp³-hybridized carbons (Fsp3) is 0.909. The Balaban J connectivity index is 2.87. The van der Waals surface area contributed by atoms with Crippen molar-refractivity contribution in [2.75, 3.05) is 5.75 Å². The second-order valence-corrected chi connectivity index (χ2v) is 5.88. The van der Waals surface area contributed by atoms with Gasteiger partial charge in [-0.1, -0.05) is 13.8 Å². The van der Waals surface area contributed by atoms with Gasteiger partial charge in [-0.15, -0.1) is 0 Å². The van der Waals surface area contributed by atoms with Crippen molar-refractivity contribution < 1.29 is 9.90 Å². The van der Waals surface area contributed by atoms with Crippen molar-refractivity contribution in [3.63, 3.8) is 0 Å². The number of hydrogen-bond donors (Lipinski definition) is 2. The average Bonchev–Trinajstić information content (AvgIpc) is 2.19. The number of nitrogens with two attached hydrogens (primary N) is 1. The molecule has 0 amide bonds. The molecule has 3 N–H and O–H groups in total. The van der Waals surface area contributed by atoms with Crippen molar-refractivity contribution in [2.24, 2.45) is 11.1 Å². The van der Waals surface area contributed by atoms with Crippen LogP contribution in [0, 0.1) is 5.41 Å². The highest BCUT2D eigenvalue weighted by Gasteiger charge is 2.44. The highest BCUT2D eigenvalue weighted by Crippen LogP contribution is 2.46. The van der Waals surface area contributed by atoms with E-state index in [9.17, 15) is 4.79 Å². The molecular weight excluding hydrogens is 210 g/mol. The molecule has 0 aromatic carbocycles. The maximum absolute atomic E-state index is 11.0. The Kier molecular flexibility index (Phi) is 4.46. The van der Waals surface area contributed by atoms with Crippen molar-refractivity contribution in [3.8, 4) is 0 Å². The lowest BCUT2D eigenvalue weighted by atomic mass is 9.70. The molecule has 3 unspecified atom stereocenters. The zero-order valence-corrected chi connectivity index (χ0v) is 10.3. The molecule has 0 spiro atoms. The normalized spacial score (nSPS) is 33.7. The topological polar surface area (TPSA) is 63.3 Å². The maximum Gasteiger partial charge on any atom is 0.304 e. The molecule has 15 heavy (non-hydrogen) atoms. The van der Waals surface area contributed by atoms with E-state index in [0.717, 1.165) is 25.0 Å². The van der Waals surface area contributed by atoms with Crippen LogP contribution in [0.3, 0.4) is 0 Å². The molecule has 1 rings (SSSR count). The molecule has 88 valence electrons. The first-order valence-electron chi connectivity index (χ1n) is 5.62. The molecule has 1 aliphatic rings. The number of thioether (sulfide) groups is 1. The summed E-state index contributed by atoms with van der Waals surface area (Å²) in [4.78, 5) is 11.0. The van der Waals surface area contributed by atoms with Gasteiger partial charge in [0.05, 0.1) is 6.42 Å². The molecule has 1 heterocycles. The van der Waals surface area contributed by atoms with Gasteiger partial charge in [0.1, 0.15) is 0 Å². The number of carboxylic acids is 1. The first-order valence-corrected chi connectivity index (χ1v) is 6.66. The molecule has 0 aliphatic carbocycles. The van der Waals surface area contributed by atoms with Gasteiger partial charge in [-0.3, -0.25) is 4.79 Å². The zero-order chi connectivity index (χ0) is 11.5. The van der Waals surface area contributed by atoms with E-state index in [4.69, 9.17) is 10.8 Å². The quantitative estimate of drug-likeness (QED) is 0.777. The molecule has 1 saturated heterocycles.